The number of nitrogens with two attached hydrogens (primary N) is 1. The number of H-pyrrole nitrogens is 1. The van der Waals surface area contributed by atoms with Gasteiger partial charge in [0, 0.05) is 13.6 Å². The van der Waals surface area contributed by atoms with E-state index in [-0.39, 0.29) is 29.7 Å². The van der Waals surface area contributed by atoms with Crippen LogP contribution in [0.5, 0.6) is 0 Å². The highest BCUT2D eigenvalue weighted by molar-refractivity contribution is 5.98. The van der Waals surface area contributed by atoms with Crippen LogP contribution >= 0.6 is 0 Å². The average Bonchev–Trinajstić information content (AvgIpc) is 2.71. The zero-order chi connectivity index (χ0) is 12.8. The Morgan fingerprint density at radius 1 is 1.59 bits per heavy atom. The standard InChI is InChI=1S/C10H17N5O2/c1-3-4-12-8(16)6-15(2)10(17)9-7(11)5-13-14-9/h5H,3-4,6,11H2,1-2H3,(H,12,16)(H,13,14). The smallest absolute Gasteiger partial charge is 0.274 e. The summed E-state index contributed by atoms with van der Waals surface area (Å²) in [5, 5.41) is 8.85. The Labute approximate surface area is 99.4 Å². The minimum Gasteiger partial charge on any atom is -0.396 e. The second kappa shape index (κ2) is 5.88. The first kappa shape index (κ1) is 13.0. The molecule has 0 atom stereocenters. The lowest BCUT2D eigenvalue weighted by Gasteiger charge is -2.15. The van der Waals surface area contributed by atoms with Gasteiger partial charge in [0.15, 0.2) is 0 Å². The van der Waals surface area contributed by atoms with Gasteiger partial charge in [0.05, 0.1) is 18.4 Å². The SMILES string of the molecule is CCCNC(=O)CN(C)C(=O)c1[nH]ncc1N. The number of nitrogens with one attached hydrogen (secondary N) is 2. The molecule has 0 aromatic carbocycles. The molecule has 7 heteroatoms. The molecule has 0 radical (unpaired) electrons. The number of carbonyl (C=O) groups excluding carboxylic acids is 2. The molecule has 0 bridgehead atoms. The molecule has 0 saturated carbocycles. The van der Waals surface area contributed by atoms with E-state index in [9.17, 15) is 9.59 Å². The number of rotatable bonds is 5. The molecular weight excluding hydrogens is 222 g/mol. The van der Waals surface area contributed by atoms with E-state index in [1.807, 2.05) is 6.92 Å². The number of amides is 2. The molecule has 0 aliphatic rings. The number of carbonyl (C=O) groups is 2. The monoisotopic (exact) mass is 239 g/mol. The fourth-order valence-corrected chi connectivity index (χ4v) is 1.27. The van der Waals surface area contributed by atoms with Crippen molar-refractivity contribution < 1.29 is 9.59 Å². The summed E-state index contributed by atoms with van der Waals surface area (Å²) in [5.41, 5.74) is 6.03. The predicted octanol–water partition coefficient (Wildman–Crippen LogP) is -0.410. The number of aromatic nitrogens is 2. The molecule has 94 valence electrons. The summed E-state index contributed by atoms with van der Waals surface area (Å²) < 4.78 is 0. The lowest BCUT2D eigenvalue weighted by atomic mass is 10.3. The molecule has 1 rings (SSSR count). The maximum absolute atomic E-state index is 11.8. The Bertz CT molecular complexity index is 401. The summed E-state index contributed by atoms with van der Waals surface area (Å²) in [6, 6.07) is 0. The van der Waals surface area contributed by atoms with Crippen LogP contribution < -0.4 is 11.1 Å². The van der Waals surface area contributed by atoms with Gasteiger partial charge in [-0.25, -0.2) is 0 Å². The number of hydrogen-bond donors (Lipinski definition) is 3. The van der Waals surface area contributed by atoms with Gasteiger partial charge >= 0.3 is 0 Å². The van der Waals surface area contributed by atoms with Crippen molar-refractivity contribution >= 4 is 17.5 Å². The van der Waals surface area contributed by atoms with E-state index in [0.29, 0.717) is 6.54 Å². The number of nitrogen functional groups attached to an aromatic ring is 1. The molecule has 1 heterocycles. The molecule has 0 fully saturated rings. The largest absolute Gasteiger partial charge is 0.396 e. The Kier molecular flexibility index (Phi) is 4.50. The molecule has 0 aliphatic heterocycles. The van der Waals surface area contributed by atoms with Crippen LogP contribution in [0.2, 0.25) is 0 Å². The van der Waals surface area contributed by atoms with Crippen molar-refractivity contribution in [3.63, 3.8) is 0 Å². The maximum atomic E-state index is 11.8. The molecule has 4 N–H and O–H groups in total. The lowest BCUT2D eigenvalue weighted by molar-refractivity contribution is -0.121. The van der Waals surface area contributed by atoms with Gasteiger partial charge in [-0.15, -0.1) is 0 Å². The fraction of sp³-hybridized carbons (Fsp3) is 0.500. The van der Waals surface area contributed by atoms with Gasteiger partial charge in [0.2, 0.25) is 5.91 Å². The normalized spacial score (nSPS) is 10.0. The van der Waals surface area contributed by atoms with Crippen LogP contribution in [0.25, 0.3) is 0 Å². The third-order valence-corrected chi connectivity index (χ3v) is 2.18. The van der Waals surface area contributed by atoms with E-state index in [1.165, 1.54) is 18.1 Å². The number of anilines is 1. The van der Waals surface area contributed by atoms with E-state index >= 15 is 0 Å². The molecule has 7 nitrogen and oxygen atoms in total. The molecule has 0 spiro atoms. The van der Waals surface area contributed by atoms with Crippen molar-refractivity contribution in [2.45, 2.75) is 13.3 Å². The first-order valence-corrected chi connectivity index (χ1v) is 5.37. The summed E-state index contributed by atoms with van der Waals surface area (Å²) in [6.07, 6.45) is 2.22. The first-order valence-electron chi connectivity index (χ1n) is 5.37. The Hall–Kier alpha value is -2.05. The highest BCUT2D eigenvalue weighted by atomic mass is 16.2. The minimum atomic E-state index is -0.355. The second-order valence-electron chi connectivity index (χ2n) is 3.71. The number of hydrogen-bond acceptors (Lipinski definition) is 4. The van der Waals surface area contributed by atoms with Crippen LogP contribution in [0.15, 0.2) is 6.20 Å². The molecule has 1 aromatic rings. The van der Waals surface area contributed by atoms with Crippen molar-refractivity contribution in [3.8, 4) is 0 Å². The quantitative estimate of drug-likeness (QED) is 0.649. The lowest BCUT2D eigenvalue weighted by Crippen LogP contribution is -2.38. The van der Waals surface area contributed by atoms with E-state index < -0.39 is 0 Å². The van der Waals surface area contributed by atoms with E-state index in [4.69, 9.17) is 5.73 Å². The molecule has 17 heavy (non-hydrogen) atoms. The summed E-state index contributed by atoms with van der Waals surface area (Å²) in [6.45, 7) is 2.56. The van der Waals surface area contributed by atoms with Crippen LogP contribution in [-0.2, 0) is 4.79 Å². The van der Waals surface area contributed by atoms with Crippen molar-refractivity contribution in [2.75, 3.05) is 25.9 Å². The van der Waals surface area contributed by atoms with Gasteiger partial charge < -0.3 is 16.0 Å². The van der Waals surface area contributed by atoms with Gasteiger partial charge in [-0.3, -0.25) is 14.7 Å². The summed E-state index contributed by atoms with van der Waals surface area (Å²) in [5.74, 6) is -0.549. The highest BCUT2D eigenvalue weighted by Gasteiger charge is 2.18. The minimum absolute atomic E-state index is 0.00269. The zero-order valence-corrected chi connectivity index (χ0v) is 9.99. The number of nitrogens with zero attached hydrogens (tertiary/aromatic N) is 2. The van der Waals surface area contributed by atoms with Crippen LogP contribution in [0.3, 0.4) is 0 Å². The molecule has 2 amide bonds. The van der Waals surface area contributed by atoms with Crippen LogP contribution in [-0.4, -0.2) is 47.0 Å². The maximum Gasteiger partial charge on any atom is 0.274 e. The third-order valence-electron chi connectivity index (χ3n) is 2.18. The summed E-state index contributed by atoms with van der Waals surface area (Å²) in [7, 11) is 1.54. The Morgan fingerprint density at radius 2 is 2.29 bits per heavy atom. The van der Waals surface area contributed by atoms with Crippen LogP contribution in [0, 0.1) is 0 Å². The van der Waals surface area contributed by atoms with Gasteiger partial charge in [-0.1, -0.05) is 6.92 Å². The zero-order valence-electron chi connectivity index (χ0n) is 9.99. The van der Waals surface area contributed by atoms with E-state index in [1.54, 1.807) is 0 Å². The Morgan fingerprint density at radius 3 is 2.82 bits per heavy atom. The summed E-state index contributed by atoms with van der Waals surface area (Å²) >= 11 is 0. The van der Waals surface area contributed by atoms with Crippen LogP contribution in [0.4, 0.5) is 5.69 Å². The molecule has 0 unspecified atom stereocenters. The first-order chi connectivity index (χ1) is 8.06. The Balaban J connectivity index is 2.53. The highest BCUT2D eigenvalue weighted by Crippen LogP contribution is 2.08. The molecular formula is C10H17N5O2. The topological polar surface area (TPSA) is 104 Å². The second-order valence-corrected chi connectivity index (χ2v) is 3.71. The molecule has 1 aromatic heterocycles. The fourth-order valence-electron chi connectivity index (χ4n) is 1.27. The van der Waals surface area contributed by atoms with Gasteiger partial charge in [-0.2, -0.15) is 5.10 Å². The average molecular weight is 239 g/mol. The van der Waals surface area contributed by atoms with Gasteiger partial charge in [-0.05, 0) is 6.42 Å². The van der Waals surface area contributed by atoms with Crippen molar-refractivity contribution in [1.82, 2.24) is 20.4 Å². The predicted molar refractivity (Wildman–Crippen MR) is 63.3 cm³/mol. The third kappa shape index (κ3) is 3.47. The van der Waals surface area contributed by atoms with E-state index in [0.717, 1.165) is 6.42 Å². The summed E-state index contributed by atoms with van der Waals surface area (Å²) in [4.78, 5) is 24.5. The van der Waals surface area contributed by atoms with Crippen molar-refractivity contribution in [2.24, 2.45) is 0 Å². The van der Waals surface area contributed by atoms with Crippen molar-refractivity contribution in [1.29, 1.82) is 0 Å². The van der Waals surface area contributed by atoms with E-state index in [2.05, 4.69) is 15.5 Å². The number of likely N-dealkylation sites (N-methyl/N-ethyl adjacent to an activating group) is 1. The van der Waals surface area contributed by atoms with Crippen molar-refractivity contribution in [3.05, 3.63) is 11.9 Å². The van der Waals surface area contributed by atoms with Gasteiger partial charge in [0.1, 0.15) is 5.69 Å². The van der Waals surface area contributed by atoms with Gasteiger partial charge in [0.25, 0.3) is 5.91 Å². The van der Waals surface area contributed by atoms with Crippen LogP contribution in [0.1, 0.15) is 23.8 Å². The molecule has 0 saturated heterocycles. The number of aromatic amines is 1. The molecule has 0 aliphatic carbocycles.